The van der Waals surface area contributed by atoms with Crippen molar-refractivity contribution in [1.29, 1.82) is 0 Å². The number of hydrogen-bond donors (Lipinski definition) is 1. The van der Waals surface area contributed by atoms with Crippen LogP contribution in [0.25, 0.3) is 0 Å². The first kappa shape index (κ1) is 13.3. The zero-order chi connectivity index (χ0) is 12.3. The summed E-state index contributed by atoms with van der Waals surface area (Å²) in [7, 11) is 2.19. The molecule has 0 spiro atoms. The van der Waals surface area contributed by atoms with Crippen molar-refractivity contribution in [2.24, 2.45) is 11.7 Å². The predicted molar refractivity (Wildman–Crippen MR) is 68.0 cm³/mol. The fourth-order valence-corrected chi connectivity index (χ4v) is 3.22. The highest BCUT2D eigenvalue weighted by Gasteiger charge is 2.44. The minimum Gasteiger partial charge on any atom is -0.381 e. The minimum atomic E-state index is 0.0391. The van der Waals surface area contributed by atoms with E-state index in [1.54, 1.807) is 0 Å². The second kappa shape index (κ2) is 5.65. The lowest BCUT2D eigenvalue weighted by molar-refractivity contribution is -0.00557. The first-order valence-electron chi connectivity index (χ1n) is 6.79. The van der Waals surface area contributed by atoms with Crippen LogP contribution in [0.4, 0.5) is 0 Å². The van der Waals surface area contributed by atoms with Crippen molar-refractivity contribution in [1.82, 2.24) is 4.90 Å². The van der Waals surface area contributed by atoms with Gasteiger partial charge in [0.05, 0.1) is 18.2 Å². The van der Waals surface area contributed by atoms with Crippen LogP contribution >= 0.6 is 0 Å². The summed E-state index contributed by atoms with van der Waals surface area (Å²) < 4.78 is 11.3. The average Bonchev–Trinajstić information content (AvgIpc) is 2.73. The van der Waals surface area contributed by atoms with E-state index >= 15 is 0 Å². The van der Waals surface area contributed by atoms with Crippen LogP contribution in [0.1, 0.15) is 26.2 Å². The molecular formula is C13H26N2O2. The van der Waals surface area contributed by atoms with Gasteiger partial charge in [-0.1, -0.05) is 0 Å². The smallest absolute Gasteiger partial charge is 0.0743 e. The molecule has 2 N–H and O–H groups in total. The molecule has 100 valence electrons. The van der Waals surface area contributed by atoms with Crippen molar-refractivity contribution in [3.8, 4) is 0 Å². The van der Waals surface area contributed by atoms with E-state index in [1.807, 2.05) is 0 Å². The van der Waals surface area contributed by atoms with Gasteiger partial charge in [0, 0.05) is 26.3 Å². The Balaban J connectivity index is 1.94. The normalized spacial score (nSPS) is 38.8. The summed E-state index contributed by atoms with van der Waals surface area (Å²) in [5, 5.41) is 0. The van der Waals surface area contributed by atoms with Crippen LogP contribution in [0.5, 0.6) is 0 Å². The summed E-state index contributed by atoms with van der Waals surface area (Å²) >= 11 is 0. The standard InChI is InChI=1S/C13H26N2O2/c1-11-13(10-14,5-7-17-11)15(2)8-12-4-3-6-16-9-12/h11-12H,3-10,14H2,1-2H3. The van der Waals surface area contributed by atoms with Crippen LogP contribution in [-0.4, -0.2) is 56.5 Å². The molecule has 2 rings (SSSR count). The van der Waals surface area contributed by atoms with E-state index in [0.717, 1.165) is 32.8 Å². The first-order valence-corrected chi connectivity index (χ1v) is 6.79. The van der Waals surface area contributed by atoms with Gasteiger partial charge in [-0.25, -0.2) is 0 Å². The molecule has 0 saturated carbocycles. The highest BCUT2D eigenvalue weighted by molar-refractivity contribution is 4.99. The van der Waals surface area contributed by atoms with Crippen LogP contribution in [0.2, 0.25) is 0 Å². The first-order chi connectivity index (χ1) is 8.19. The van der Waals surface area contributed by atoms with E-state index < -0.39 is 0 Å². The van der Waals surface area contributed by atoms with Crippen LogP contribution in [0.15, 0.2) is 0 Å². The molecule has 4 heteroatoms. The van der Waals surface area contributed by atoms with E-state index in [9.17, 15) is 0 Å². The molecule has 2 saturated heterocycles. The fraction of sp³-hybridized carbons (Fsp3) is 1.00. The molecule has 3 unspecified atom stereocenters. The Morgan fingerprint density at radius 1 is 1.41 bits per heavy atom. The lowest BCUT2D eigenvalue weighted by Crippen LogP contribution is -2.58. The van der Waals surface area contributed by atoms with Crippen LogP contribution in [0.3, 0.4) is 0 Å². The Bertz CT molecular complexity index is 244. The van der Waals surface area contributed by atoms with E-state index in [2.05, 4.69) is 18.9 Å². The highest BCUT2D eigenvalue weighted by Crippen LogP contribution is 2.31. The van der Waals surface area contributed by atoms with Gasteiger partial charge < -0.3 is 15.2 Å². The number of hydrogen-bond acceptors (Lipinski definition) is 4. The lowest BCUT2D eigenvalue weighted by atomic mass is 9.88. The molecule has 0 bridgehead atoms. The molecule has 0 aliphatic carbocycles. The van der Waals surface area contributed by atoms with Gasteiger partial charge >= 0.3 is 0 Å². The van der Waals surface area contributed by atoms with Crippen LogP contribution < -0.4 is 5.73 Å². The second-order valence-corrected chi connectivity index (χ2v) is 5.53. The molecule has 0 aromatic heterocycles. The highest BCUT2D eigenvalue weighted by atomic mass is 16.5. The summed E-state index contributed by atoms with van der Waals surface area (Å²) in [4.78, 5) is 2.42. The van der Waals surface area contributed by atoms with E-state index in [1.165, 1.54) is 12.8 Å². The zero-order valence-corrected chi connectivity index (χ0v) is 11.2. The van der Waals surface area contributed by atoms with Crippen LogP contribution in [0, 0.1) is 5.92 Å². The molecule has 2 aliphatic rings. The summed E-state index contributed by atoms with van der Waals surface area (Å²) in [5.74, 6) is 0.657. The van der Waals surface area contributed by atoms with Gasteiger partial charge in [0.2, 0.25) is 0 Å². The largest absolute Gasteiger partial charge is 0.381 e. The molecule has 2 aliphatic heterocycles. The van der Waals surface area contributed by atoms with Crippen molar-refractivity contribution in [2.45, 2.75) is 37.8 Å². The Hall–Kier alpha value is -0.160. The monoisotopic (exact) mass is 242 g/mol. The Kier molecular flexibility index (Phi) is 4.42. The molecular weight excluding hydrogens is 216 g/mol. The van der Waals surface area contributed by atoms with Crippen molar-refractivity contribution in [2.75, 3.05) is 40.0 Å². The molecule has 2 heterocycles. The molecule has 0 aromatic carbocycles. The number of rotatable bonds is 4. The molecule has 17 heavy (non-hydrogen) atoms. The van der Waals surface area contributed by atoms with E-state index in [4.69, 9.17) is 15.2 Å². The molecule has 3 atom stereocenters. The van der Waals surface area contributed by atoms with Crippen molar-refractivity contribution in [3.05, 3.63) is 0 Å². The minimum absolute atomic E-state index is 0.0391. The van der Waals surface area contributed by atoms with E-state index in [-0.39, 0.29) is 11.6 Å². The molecule has 4 nitrogen and oxygen atoms in total. The maximum absolute atomic E-state index is 6.01. The Morgan fingerprint density at radius 2 is 2.24 bits per heavy atom. The van der Waals surface area contributed by atoms with Crippen molar-refractivity contribution in [3.63, 3.8) is 0 Å². The Morgan fingerprint density at radius 3 is 2.76 bits per heavy atom. The quantitative estimate of drug-likeness (QED) is 0.794. The summed E-state index contributed by atoms with van der Waals surface area (Å²) in [6.07, 6.45) is 3.76. The lowest BCUT2D eigenvalue weighted by Gasteiger charge is -2.42. The summed E-state index contributed by atoms with van der Waals surface area (Å²) in [6.45, 7) is 6.57. The second-order valence-electron chi connectivity index (χ2n) is 5.53. The topological polar surface area (TPSA) is 47.7 Å². The van der Waals surface area contributed by atoms with Gasteiger partial charge in [-0.2, -0.15) is 0 Å². The van der Waals surface area contributed by atoms with E-state index in [0.29, 0.717) is 12.5 Å². The number of nitrogens with two attached hydrogens (primary N) is 1. The van der Waals surface area contributed by atoms with Gasteiger partial charge in [0.15, 0.2) is 0 Å². The third-order valence-corrected chi connectivity index (χ3v) is 4.56. The average molecular weight is 242 g/mol. The summed E-state index contributed by atoms with van der Waals surface area (Å²) in [6, 6.07) is 0. The molecule has 2 fully saturated rings. The van der Waals surface area contributed by atoms with Crippen molar-refractivity contribution < 1.29 is 9.47 Å². The molecule has 0 amide bonds. The zero-order valence-electron chi connectivity index (χ0n) is 11.2. The van der Waals surface area contributed by atoms with Gasteiger partial charge in [-0.3, -0.25) is 4.90 Å². The predicted octanol–water partition coefficient (Wildman–Crippen LogP) is 0.851. The number of ether oxygens (including phenoxy) is 2. The third-order valence-electron chi connectivity index (χ3n) is 4.56. The van der Waals surface area contributed by atoms with Crippen LogP contribution in [-0.2, 0) is 9.47 Å². The molecule has 0 aromatic rings. The Labute approximate surface area is 104 Å². The maximum Gasteiger partial charge on any atom is 0.0743 e. The fourth-order valence-electron chi connectivity index (χ4n) is 3.22. The summed E-state index contributed by atoms with van der Waals surface area (Å²) in [5.41, 5.74) is 6.05. The van der Waals surface area contributed by atoms with Gasteiger partial charge in [-0.15, -0.1) is 0 Å². The number of nitrogens with zero attached hydrogens (tertiary/aromatic N) is 1. The van der Waals surface area contributed by atoms with Gasteiger partial charge in [0.25, 0.3) is 0 Å². The third kappa shape index (κ3) is 2.65. The van der Waals surface area contributed by atoms with Gasteiger partial charge in [0.1, 0.15) is 0 Å². The van der Waals surface area contributed by atoms with Crippen molar-refractivity contribution >= 4 is 0 Å². The maximum atomic E-state index is 6.01. The van der Waals surface area contributed by atoms with Gasteiger partial charge in [-0.05, 0) is 39.2 Å². The number of likely N-dealkylation sites (N-methyl/N-ethyl adjacent to an activating group) is 1. The SMILES string of the molecule is CC1OCCC1(CN)N(C)CC1CCCOC1. The molecule has 0 radical (unpaired) electrons.